The zero-order chi connectivity index (χ0) is 18.8. The van der Waals surface area contributed by atoms with Crippen LogP contribution in [0.4, 0.5) is 11.4 Å². The Morgan fingerprint density at radius 1 is 1.04 bits per heavy atom. The summed E-state index contributed by atoms with van der Waals surface area (Å²) >= 11 is 11.5. The lowest BCUT2D eigenvalue weighted by atomic mass is 10.2. The number of hydrogen-bond donors (Lipinski definition) is 2. The molecule has 1 aromatic carbocycles. The first kappa shape index (κ1) is 19.6. The first-order valence-corrected chi connectivity index (χ1v) is 10.7. The van der Waals surface area contributed by atoms with E-state index in [0.717, 1.165) is 6.26 Å². The zero-order valence-corrected chi connectivity index (χ0v) is 16.1. The van der Waals surface area contributed by atoms with Gasteiger partial charge in [0.05, 0.1) is 24.7 Å². The minimum Gasteiger partial charge on any atom is -0.494 e. The van der Waals surface area contributed by atoms with E-state index in [1.807, 2.05) is 0 Å². The Morgan fingerprint density at radius 3 is 2.28 bits per heavy atom. The highest BCUT2D eigenvalue weighted by atomic mass is 35.5. The lowest BCUT2D eigenvalue weighted by Crippen LogP contribution is -2.15. The van der Waals surface area contributed by atoms with Crippen molar-refractivity contribution in [2.75, 3.05) is 22.8 Å². The molecule has 0 aliphatic heterocycles. The van der Waals surface area contributed by atoms with Crippen LogP contribution in [0.25, 0.3) is 0 Å². The van der Waals surface area contributed by atoms with E-state index in [9.17, 15) is 16.8 Å². The maximum atomic E-state index is 12.4. The van der Waals surface area contributed by atoms with E-state index in [0.29, 0.717) is 0 Å². The summed E-state index contributed by atoms with van der Waals surface area (Å²) in [5.41, 5.74) is 0.307. The lowest BCUT2D eigenvalue weighted by molar-refractivity contribution is 0.417. The van der Waals surface area contributed by atoms with Crippen molar-refractivity contribution >= 4 is 54.6 Å². The van der Waals surface area contributed by atoms with Crippen molar-refractivity contribution in [2.24, 2.45) is 0 Å². The third-order valence-corrected chi connectivity index (χ3v) is 5.43. The third kappa shape index (κ3) is 5.11. The molecule has 0 fully saturated rings. The Kier molecular flexibility index (Phi) is 5.67. The summed E-state index contributed by atoms with van der Waals surface area (Å²) < 4.78 is 57.1. The van der Waals surface area contributed by atoms with Gasteiger partial charge in [-0.1, -0.05) is 23.2 Å². The van der Waals surface area contributed by atoms with Gasteiger partial charge < -0.3 is 4.74 Å². The number of sulfonamides is 2. The van der Waals surface area contributed by atoms with E-state index in [2.05, 4.69) is 14.4 Å². The van der Waals surface area contributed by atoms with Crippen LogP contribution in [0.15, 0.2) is 35.2 Å². The second kappa shape index (κ2) is 7.24. The molecule has 2 rings (SSSR count). The standard InChI is InChI=1S/C13H13Cl2N3O5S2/c1-23-10-7-8(3-4-9(10)18-24(2,19)20)17-25(21,22)11-5-6-12(14)16-13(11)15/h3-7,17-18H,1-2H3. The number of aromatic nitrogens is 1. The van der Waals surface area contributed by atoms with Gasteiger partial charge in [0, 0.05) is 6.07 Å². The highest BCUT2D eigenvalue weighted by Crippen LogP contribution is 2.30. The quantitative estimate of drug-likeness (QED) is 0.687. The Morgan fingerprint density at radius 2 is 1.72 bits per heavy atom. The molecule has 0 saturated carbocycles. The summed E-state index contributed by atoms with van der Waals surface area (Å²) in [4.78, 5) is 3.43. The van der Waals surface area contributed by atoms with Crippen LogP contribution in [-0.4, -0.2) is 35.2 Å². The van der Waals surface area contributed by atoms with E-state index >= 15 is 0 Å². The molecule has 12 heteroatoms. The van der Waals surface area contributed by atoms with Crippen molar-refractivity contribution in [3.8, 4) is 5.75 Å². The molecular formula is C13H13Cl2N3O5S2. The Balaban J connectivity index is 2.36. The Bertz CT molecular complexity index is 1010. The molecule has 0 radical (unpaired) electrons. The summed E-state index contributed by atoms with van der Waals surface area (Å²) in [6.45, 7) is 0. The summed E-state index contributed by atoms with van der Waals surface area (Å²) in [6, 6.07) is 6.56. The molecule has 2 aromatic rings. The van der Waals surface area contributed by atoms with Gasteiger partial charge >= 0.3 is 0 Å². The molecule has 136 valence electrons. The molecule has 0 amide bonds. The van der Waals surface area contributed by atoms with Gasteiger partial charge in [0.25, 0.3) is 10.0 Å². The molecule has 0 spiro atoms. The van der Waals surface area contributed by atoms with E-state index in [4.69, 9.17) is 27.9 Å². The fourth-order valence-electron chi connectivity index (χ4n) is 1.85. The summed E-state index contributed by atoms with van der Waals surface area (Å²) in [6.07, 6.45) is 0.985. The summed E-state index contributed by atoms with van der Waals surface area (Å²) in [5, 5.41) is -0.218. The van der Waals surface area contributed by atoms with E-state index in [-0.39, 0.29) is 32.3 Å². The van der Waals surface area contributed by atoms with Crippen LogP contribution in [0.5, 0.6) is 5.75 Å². The highest BCUT2D eigenvalue weighted by Gasteiger charge is 2.20. The van der Waals surface area contributed by atoms with Crippen LogP contribution in [-0.2, 0) is 20.0 Å². The number of benzene rings is 1. The van der Waals surface area contributed by atoms with Gasteiger partial charge in [-0.15, -0.1) is 0 Å². The predicted octanol–water partition coefficient (Wildman–Crippen LogP) is 2.57. The molecule has 2 N–H and O–H groups in total. The zero-order valence-electron chi connectivity index (χ0n) is 12.9. The molecule has 8 nitrogen and oxygen atoms in total. The van der Waals surface area contributed by atoms with Gasteiger partial charge in [0.2, 0.25) is 10.0 Å². The number of nitrogens with zero attached hydrogens (tertiary/aromatic N) is 1. The third-order valence-electron chi connectivity index (χ3n) is 2.82. The number of anilines is 2. The van der Waals surface area contributed by atoms with Crippen molar-refractivity contribution in [1.82, 2.24) is 4.98 Å². The summed E-state index contributed by atoms with van der Waals surface area (Å²) in [5.74, 6) is 0.131. The van der Waals surface area contributed by atoms with Crippen LogP contribution >= 0.6 is 23.2 Å². The highest BCUT2D eigenvalue weighted by molar-refractivity contribution is 7.93. The van der Waals surface area contributed by atoms with Crippen molar-refractivity contribution < 1.29 is 21.6 Å². The van der Waals surface area contributed by atoms with Crippen molar-refractivity contribution in [3.63, 3.8) is 0 Å². The van der Waals surface area contributed by atoms with Gasteiger partial charge in [-0.25, -0.2) is 21.8 Å². The molecule has 25 heavy (non-hydrogen) atoms. The van der Waals surface area contributed by atoms with Crippen molar-refractivity contribution in [3.05, 3.63) is 40.6 Å². The van der Waals surface area contributed by atoms with Crippen LogP contribution < -0.4 is 14.2 Å². The average Bonchev–Trinajstić information content (AvgIpc) is 2.46. The van der Waals surface area contributed by atoms with Crippen LogP contribution in [0.2, 0.25) is 10.3 Å². The maximum Gasteiger partial charge on any atom is 0.264 e. The van der Waals surface area contributed by atoms with Crippen molar-refractivity contribution in [1.29, 1.82) is 0 Å². The SMILES string of the molecule is COc1cc(NS(=O)(=O)c2ccc(Cl)nc2Cl)ccc1NS(C)(=O)=O. The topological polar surface area (TPSA) is 114 Å². The van der Waals surface area contributed by atoms with Crippen LogP contribution in [0.1, 0.15) is 0 Å². The molecule has 1 heterocycles. The predicted molar refractivity (Wildman–Crippen MR) is 96.5 cm³/mol. The fourth-order valence-corrected chi connectivity index (χ4v) is 4.13. The molecule has 1 aromatic heterocycles. The largest absolute Gasteiger partial charge is 0.494 e. The van der Waals surface area contributed by atoms with E-state index in [1.165, 1.54) is 37.4 Å². The Labute approximate surface area is 155 Å². The van der Waals surface area contributed by atoms with E-state index < -0.39 is 20.0 Å². The maximum absolute atomic E-state index is 12.4. The summed E-state index contributed by atoms with van der Waals surface area (Å²) in [7, 11) is -6.23. The van der Waals surface area contributed by atoms with E-state index in [1.54, 1.807) is 0 Å². The minimum absolute atomic E-state index is 0.0572. The molecule has 0 saturated heterocycles. The number of hydrogen-bond acceptors (Lipinski definition) is 6. The minimum atomic E-state index is -4.03. The number of pyridine rings is 1. The number of halogens is 2. The number of methoxy groups -OCH3 is 1. The normalized spacial score (nSPS) is 11.8. The monoisotopic (exact) mass is 425 g/mol. The molecule has 0 aliphatic carbocycles. The first-order valence-electron chi connectivity index (χ1n) is 6.52. The van der Waals surface area contributed by atoms with Gasteiger partial charge in [0.1, 0.15) is 15.8 Å². The molecule has 0 unspecified atom stereocenters. The van der Waals surface area contributed by atoms with Gasteiger partial charge in [0.15, 0.2) is 5.15 Å². The second-order valence-corrected chi connectivity index (χ2v) is 8.96. The molecule has 0 aliphatic rings. The fraction of sp³-hybridized carbons (Fsp3) is 0.154. The second-order valence-electron chi connectivity index (χ2n) is 4.82. The number of ether oxygens (including phenoxy) is 1. The van der Waals surface area contributed by atoms with Gasteiger partial charge in [-0.05, 0) is 24.3 Å². The smallest absolute Gasteiger partial charge is 0.264 e. The number of nitrogens with one attached hydrogen (secondary N) is 2. The van der Waals surface area contributed by atoms with Gasteiger partial charge in [-0.3, -0.25) is 9.44 Å². The average molecular weight is 426 g/mol. The number of rotatable bonds is 6. The molecular weight excluding hydrogens is 413 g/mol. The van der Waals surface area contributed by atoms with Crippen LogP contribution in [0.3, 0.4) is 0 Å². The van der Waals surface area contributed by atoms with Gasteiger partial charge in [-0.2, -0.15) is 0 Å². The first-order chi connectivity index (χ1) is 11.5. The molecule has 0 bridgehead atoms. The molecule has 0 atom stereocenters. The van der Waals surface area contributed by atoms with Crippen LogP contribution in [0, 0.1) is 0 Å². The Hall–Kier alpha value is -1.75. The lowest BCUT2D eigenvalue weighted by Gasteiger charge is -2.13. The van der Waals surface area contributed by atoms with Crippen molar-refractivity contribution in [2.45, 2.75) is 4.90 Å².